The van der Waals surface area contributed by atoms with Gasteiger partial charge in [-0.3, -0.25) is 4.68 Å². The molecule has 4 rings (SSSR count). The highest BCUT2D eigenvalue weighted by Crippen LogP contribution is 2.32. The molecule has 1 aliphatic rings. The molecule has 3 heterocycles. The van der Waals surface area contributed by atoms with Gasteiger partial charge in [-0.1, -0.05) is 18.2 Å². The van der Waals surface area contributed by atoms with Crippen molar-refractivity contribution < 1.29 is 0 Å². The van der Waals surface area contributed by atoms with Crippen molar-refractivity contribution in [1.82, 2.24) is 19.7 Å². The van der Waals surface area contributed by atoms with E-state index in [1.165, 1.54) is 37.0 Å². The van der Waals surface area contributed by atoms with Gasteiger partial charge in [-0.2, -0.15) is 5.10 Å². The summed E-state index contributed by atoms with van der Waals surface area (Å²) in [5.41, 5.74) is 4.18. The largest absolute Gasteiger partial charge is 0.383 e. The van der Waals surface area contributed by atoms with Crippen molar-refractivity contribution in [3.05, 3.63) is 30.0 Å². The lowest BCUT2D eigenvalue weighted by Crippen LogP contribution is -2.26. The minimum absolute atomic E-state index is 0. The first-order valence-electron chi connectivity index (χ1n) is 8.42. The molecule has 1 saturated heterocycles. The highest BCUT2D eigenvalue weighted by molar-refractivity contribution is 6.07. The maximum absolute atomic E-state index is 4.79. The monoisotopic (exact) mass is 345 g/mol. The molecule has 128 valence electrons. The summed E-state index contributed by atoms with van der Waals surface area (Å²) in [4.78, 5) is 7.33. The van der Waals surface area contributed by atoms with Crippen molar-refractivity contribution >= 4 is 40.0 Å². The van der Waals surface area contributed by atoms with Crippen LogP contribution < -0.4 is 5.32 Å². The van der Waals surface area contributed by atoms with Gasteiger partial charge in [-0.25, -0.2) is 4.98 Å². The van der Waals surface area contributed by atoms with Gasteiger partial charge in [0, 0.05) is 25.5 Å². The molecule has 0 bridgehead atoms. The van der Waals surface area contributed by atoms with Crippen LogP contribution in [0.4, 0.5) is 5.69 Å². The Morgan fingerprint density at radius 1 is 1.17 bits per heavy atom. The van der Waals surface area contributed by atoms with Crippen molar-refractivity contribution in [2.75, 3.05) is 31.5 Å². The van der Waals surface area contributed by atoms with Crippen LogP contribution in [0.2, 0.25) is 0 Å². The predicted molar refractivity (Wildman–Crippen MR) is 102 cm³/mol. The molecule has 0 unspecified atom stereocenters. The number of likely N-dealkylation sites (tertiary alicyclic amines) is 1. The van der Waals surface area contributed by atoms with Crippen molar-refractivity contribution in [3.8, 4) is 0 Å². The van der Waals surface area contributed by atoms with Crippen LogP contribution in [0.5, 0.6) is 0 Å². The zero-order valence-electron chi connectivity index (χ0n) is 14.2. The molecule has 1 fully saturated rings. The quantitative estimate of drug-likeness (QED) is 0.787. The van der Waals surface area contributed by atoms with E-state index < -0.39 is 0 Å². The van der Waals surface area contributed by atoms with Crippen LogP contribution in [-0.2, 0) is 7.05 Å². The fourth-order valence-electron chi connectivity index (χ4n) is 3.63. The molecule has 0 saturated carbocycles. The second kappa shape index (κ2) is 6.95. The van der Waals surface area contributed by atoms with Gasteiger partial charge in [0.25, 0.3) is 0 Å². The van der Waals surface area contributed by atoms with Gasteiger partial charge < -0.3 is 10.2 Å². The van der Waals surface area contributed by atoms with Gasteiger partial charge in [0.2, 0.25) is 0 Å². The highest BCUT2D eigenvalue weighted by atomic mass is 35.5. The van der Waals surface area contributed by atoms with Crippen LogP contribution in [0, 0.1) is 6.92 Å². The molecule has 1 N–H and O–H groups in total. The van der Waals surface area contributed by atoms with Gasteiger partial charge in [0.15, 0.2) is 5.65 Å². The van der Waals surface area contributed by atoms with Gasteiger partial charge in [0.05, 0.1) is 22.3 Å². The Balaban J connectivity index is 0.00000169. The van der Waals surface area contributed by atoms with Crippen molar-refractivity contribution in [2.24, 2.45) is 7.05 Å². The molecule has 24 heavy (non-hydrogen) atoms. The molecule has 1 aromatic carbocycles. The summed E-state index contributed by atoms with van der Waals surface area (Å²) in [6.45, 7) is 6.58. The third-order valence-corrected chi connectivity index (χ3v) is 4.77. The van der Waals surface area contributed by atoms with Crippen LogP contribution in [0.15, 0.2) is 24.3 Å². The molecule has 0 aliphatic carbocycles. The standard InChI is InChI=1S/C18H23N5.ClH/c1-13-16-17(19-9-12-23-10-5-6-11-23)14-7-3-4-8-15(14)20-18(16)22(2)21-13;/h3-4,7-8H,5-6,9-12H2,1-2H3,(H,19,20);1H. The van der Waals surface area contributed by atoms with E-state index in [-0.39, 0.29) is 12.4 Å². The second-order valence-electron chi connectivity index (χ2n) is 6.39. The molecule has 0 radical (unpaired) electrons. The number of aryl methyl sites for hydroxylation is 2. The molecule has 5 nitrogen and oxygen atoms in total. The molecule has 6 heteroatoms. The maximum Gasteiger partial charge on any atom is 0.160 e. The Labute approximate surface area is 148 Å². The number of halogens is 1. The fraction of sp³-hybridized carbons (Fsp3) is 0.444. The van der Waals surface area contributed by atoms with Crippen molar-refractivity contribution in [2.45, 2.75) is 19.8 Å². The topological polar surface area (TPSA) is 46.0 Å². The van der Waals surface area contributed by atoms with Crippen LogP contribution in [-0.4, -0.2) is 45.8 Å². The number of nitrogens with one attached hydrogen (secondary N) is 1. The summed E-state index contributed by atoms with van der Waals surface area (Å²) in [6, 6.07) is 8.33. The number of aromatic nitrogens is 3. The number of pyridine rings is 1. The van der Waals surface area contributed by atoms with Gasteiger partial charge in [0.1, 0.15) is 0 Å². The number of para-hydroxylation sites is 1. The molecule has 0 spiro atoms. The van der Waals surface area contributed by atoms with Crippen molar-refractivity contribution in [1.29, 1.82) is 0 Å². The normalized spacial score (nSPS) is 15.1. The summed E-state index contributed by atoms with van der Waals surface area (Å²) in [7, 11) is 1.96. The summed E-state index contributed by atoms with van der Waals surface area (Å²) in [5.74, 6) is 0. The highest BCUT2D eigenvalue weighted by Gasteiger charge is 2.16. The predicted octanol–water partition coefficient (Wildman–Crippen LogP) is 3.36. The first-order chi connectivity index (χ1) is 11.2. The van der Waals surface area contributed by atoms with E-state index in [0.29, 0.717) is 0 Å². The Hall–Kier alpha value is -1.85. The zero-order chi connectivity index (χ0) is 15.8. The van der Waals surface area contributed by atoms with Gasteiger partial charge in [-0.05, 0) is 38.9 Å². The zero-order valence-corrected chi connectivity index (χ0v) is 15.1. The molecule has 0 amide bonds. The average Bonchev–Trinajstić information content (AvgIpc) is 3.16. The van der Waals surface area contributed by atoms with E-state index in [2.05, 4.69) is 40.4 Å². The number of hydrogen-bond acceptors (Lipinski definition) is 4. The van der Waals surface area contributed by atoms with Gasteiger partial charge in [-0.15, -0.1) is 12.4 Å². The Morgan fingerprint density at radius 2 is 1.92 bits per heavy atom. The Bertz CT molecular complexity index is 851. The number of anilines is 1. The smallest absolute Gasteiger partial charge is 0.160 e. The van der Waals surface area contributed by atoms with E-state index in [1.807, 2.05) is 17.8 Å². The number of fused-ring (bicyclic) bond motifs is 2. The molecule has 3 aromatic rings. The first-order valence-corrected chi connectivity index (χ1v) is 8.42. The lowest BCUT2D eigenvalue weighted by atomic mass is 10.1. The van der Waals surface area contributed by atoms with E-state index in [9.17, 15) is 0 Å². The molecule has 2 aromatic heterocycles. The van der Waals surface area contributed by atoms with E-state index >= 15 is 0 Å². The van der Waals surface area contributed by atoms with E-state index in [0.717, 1.165) is 35.3 Å². The number of hydrogen-bond donors (Lipinski definition) is 1. The number of benzene rings is 1. The molecule has 0 atom stereocenters. The lowest BCUT2D eigenvalue weighted by molar-refractivity contribution is 0.353. The summed E-state index contributed by atoms with van der Waals surface area (Å²) in [5, 5.41) is 10.6. The summed E-state index contributed by atoms with van der Waals surface area (Å²) >= 11 is 0. The van der Waals surface area contributed by atoms with E-state index in [4.69, 9.17) is 4.98 Å². The number of rotatable bonds is 4. The minimum Gasteiger partial charge on any atom is -0.383 e. The average molecular weight is 346 g/mol. The van der Waals surface area contributed by atoms with Crippen molar-refractivity contribution in [3.63, 3.8) is 0 Å². The van der Waals surface area contributed by atoms with Crippen LogP contribution in [0.3, 0.4) is 0 Å². The molecular weight excluding hydrogens is 322 g/mol. The van der Waals surface area contributed by atoms with Crippen LogP contribution in [0.25, 0.3) is 21.9 Å². The van der Waals surface area contributed by atoms with Gasteiger partial charge >= 0.3 is 0 Å². The SMILES string of the molecule is Cc1nn(C)c2nc3ccccc3c(NCCN3CCCC3)c12.Cl. The Morgan fingerprint density at radius 3 is 2.71 bits per heavy atom. The van der Waals surface area contributed by atoms with E-state index in [1.54, 1.807) is 0 Å². The first kappa shape index (κ1) is 17.0. The lowest BCUT2D eigenvalue weighted by Gasteiger charge is -2.17. The molecule has 1 aliphatic heterocycles. The third-order valence-electron chi connectivity index (χ3n) is 4.77. The Kier molecular flexibility index (Phi) is 4.92. The summed E-state index contributed by atoms with van der Waals surface area (Å²) < 4.78 is 1.88. The fourth-order valence-corrected chi connectivity index (χ4v) is 3.63. The molecular formula is C18H24ClN5. The van der Waals surface area contributed by atoms with Crippen LogP contribution in [0.1, 0.15) is 18.5 Å². The third kappa shape index (κ3) is 2.94. The number of nitrogens with zero attached hydrogens (tertiary/aromatic N) is 4. The minimum atomic E-state index is 0. The maximum atomic E-state index is 4.79. The van der Waals surface area contributed by atoms with Crippen LogP contribution >= 0.6 is 12.4 Å². The summed E-state index contributed by atoms with van der Waals surface area (Å²) in [6.07, 6.45) is 2.67. The second-order valence-corrected chi connectivity index (χ2v) is 6.39.